The molecule has 3 aromatic rings. The molecule has 1 aromatic heterocycles. The minimum atomic E-state index is -1.74. The van der Waals surface area contributed by atoms with E-state index in [-0.39, 0.29) is 30.3 Å². The molecule has 0 aliphatic rings. The monoisotopic (exact) mass is 458 g/mol. The summed E-state index contributed by atoms with van der Waals surface area (Å²) in [5, 5.41) is 40.0. The number of carbonyl (C=O) groups is 1. The van der Waals surface area contributed by atoms with Crippen molar-refractivity contribution in [3.05, 3.63) is 74.6 Å². The van der Waals surface area contributed by atoms with Gasteiger partial charge in [-0.25, -0.2) is 9.48 Å². The summed E-state index contributed by atoms with van der Waals surface area (Å²) in [6, 6.07) is 9.37. The Morgan fingerprint density at radius 1 is 1.24 bits per heavy atom. The van der Waals surface area contributed by atoms with E-state index in [1.165, 1.54) is 26.4 Å². The molecule has 0 spiro atoms. The number of carboxylic acids is 1. The van der Waals surface area contributed by atoms with Crippen LogP contribution in [0.3, 0.4) is 0 Å². The van der Waals surface area contributed by atoms with Gasteiger partial charge in [-0.3, -0.25) is 10.1 Å². The zero-order valence-electron chi connectivity index (χ0n) is 18.1. The summed E-state index contributed by atoms with van der Waals surface area (Å²) >= 11 is 0. The summed E-state index contributed by atoms with van der Waals surface area (Å²) < 4.78 is 16.5. The molecule has 1 unspecified atom stereocenters. The molecule has 0 saturated carbocycles. The van der Waals surface area contributed by atoms with Crippen LogP contribution in [0.4, 0.5) is 5.69 Å². The van der Waals surface area contributed by atoms with Crippen molar-refractivity contribution in [2.45, 2.75) is 19.6 Å². The Hall–Kier alpha value is -4.03. The van der Waals surface area contributed by atoms with Crippen molar-refractivity contribution in [3.63, 3.8) is 0 Å². The van der Waals surface area contributed by atoms with Crippen LogP contribution in [0.1, 0.15) is 39.0 Å². The number of methoxy groups -OCH3 is 2. The number of aromatic carboxylic acids is 1. The lowest BCUT2D eigenvalue weighted by molar-refractivity contribution is -0.386. The van der Waals surface area contributed by atoms with Gasteiger partial charge in [-0.05, 0) is 36.2 Å². The average molecular weight is 458 g/mol. The molecule has 0 bridgehead atoms. The minimum absolute atomic E-state index is 0.0452. The Labute approximate surface area is 188 Å². The van der Waals surface area contributed by atoms with Crippen molar-refractivity contribution in [3.8, 4) is 11.5 Å². The topological polar surface area (TPSA) is 159 Å². The Balaban J connectivity index is 2.03. The predicted octanol–water partition coefficient (Wildman–Crippen LogP) is 2.31. The molecule has 0 saturated heterocycles. The molecule has 0 fully saturated rings. The number of ether oxygens (including phenoxy) is 3. The summed E-state index contributed by atoms with van der Waals surface area (Å²) in [5.74, 6) is -0.530. The van der Waals surface area contributed by atoms with Crippen LogP contribution in [-0.4, -0.2) is 57.1 Å². The summed E-state index contributed by atoms with van der Waals surface area (Å²) in [4.78, 5) is 22.9. The Morgan fingerprint density at radius 2 is 1.94 bits per heavy atom. The van der Waals surface area contributed by atoms with Crippen molar-refractivity contribution in [2.24, 2.45) is 0 Å². The summed E-state index contributed by atoms with van der Waals surface area (Å²) in [6.07, 6.45) is -1.74. The van der Waals surface area contributed by atoms with Gasteiger partial charge in [-0.1, -0.05) is 17.3 Å². The first-order valence-corrected chi connectivity index (χ1v) is 9.65. The molecule has 2 aromatic carbocycles. The molecule has 0 aliphatic heterocycles. The van der Waals surface area contributed by atoms with Crippen molar-refractivity contribution in [1.29, 1.82) is 0 Å². The minimum Gasteiger partial charge on any atom is -0.497 e. The summed E-state index contributed by atoms with van der Waals surface area (Å²) in [5.41, 5.74) is -0.174. The van der Waals surface area contributed by atoms with Crippen molar-refractivity contribution >= 4 is 11.7 Å². The number of hydrogen-bond donors (Lipinski definition) is 2. The number of benzene rings is 2. The first-order chi connectivity index (χ1) is 15.8. The molecule has 0 amide bonds. The van der Waals surface area contributed by atoms with Crippen LogP contribution in [0.15, 0.2) is 36.4 Å². The van der Waals surface area contributed by atoms with Gasteiger partial charge in [-0.2, -0.15) is 0 Å². The lowest BCUT2D eigenvalue weighted by Gasteiger charge is -2.14. The first kappa shape index (κ1) is 23.6. The molecular formula is C21H22N4O8. The lowest BCUT2D eigenvalue weighted by atomic mass is 10.0. The zero-order chi connectivity index (χ0) is 24.1. The van der Waals surface area contributed by atoms with Crippen LogP contribution in [0, 0.1) is 17.0 Å². The zero-order valence-corrected chi connectivity index (χ0v) is 18.1. The third-order valence-corrected chi connectivity index (χ3v) is 4.86. The van der Waals surface area contributed by atoms with Gasteiger partial charge in [0.15, 0.2) is 12.5 Å². The second kappa shape index (κ2) is 10.1. The SMILES string of the molecule is COCOc1cc(C(O)c2nnn(Cc3ccc(OC)cc3)c2C(=O)O)c([N+](=O)[O-])cc1C. The van der Waals surface area contributed by atoms with Crippen molar-refractivity contribution in [1.82, 2.24) is 15.0 Å². The van der Waals surface area contributed by atoms with E-state index >= 15 is 0 Å². The number of aliphatic hydroxyl groups excluding tert-OH is 1. The van der Waals surface area contributed by atoms with Crippen LogP contribution in [-0.2, 0) is 11.3 Å². The molecule has 0 aliphatic carbocycles. The largest absolute Gasteiger partial charge is 0.497 e. The number of nitro groups is 1. The van der Waals surface area contributed by atoms with Crippen LogP contribution >= 0.6 is 0 Å². The van der Waals surface area contributed by atoms with Gasteiger partial charge in [0.1, 0.15) is 23.3 Å². The van der Waals surface area contributed by atoms with Crippen LogP contribution < -0.4 is 9.47 Å². The summed E-state index contributed by atoms with van der Waals surface area (Å²) in [7, 11) is 2.94. The molecule has 1 heterocycles. The molecule has 1 atom stereocenters. The number of hydrogen-bond acceptors (Lipinski definition) is 9. The number of aryl methyl sites for hydroxylation is 1. The van der Waals surface area contributed by atoms with Crippen LogP contribution in [0.2, 0.25) is 0 Å². The predicted molar refractivity (Wildman–Crippen MR) is 113 cm³/mol. The summed E-state index contributed by atoms with van der Waals surface area (Å²) in [6.45, 7) is 1.53. The number of nitrogens with zero attached hydrogens (tertiary/aromatic N) is 4. The van der Waals surface area contributed by atoms with E-state index in [9.17, 15) is 25.1 Å². The van der Waals surface area contributed by atoms with Crippen molar-refractivity contribution in [2.75, 3.05) is 21.0 Å². The molecule has 0 radical (unpaired) electrons. The highest BCUT2D eigenvalue weighted by Gasteiger charge is 2.31. The van der Waals surface area contributed by atoms with Gasteiger partial charge in [0.25, 0.3) is 5.69 Å². The fraction of sp³-hybridized carbons (Fsp3) is 0.286. The number of carboxylic acid groups (broad SMARTS) is 1. The van der Waals surface area contributed by atoms with E-state index in [1.54, 1.807) is 31.2 Å². The Kier molecular flexibility index (Phi) is 7.20. The molecular weight excluding hydrogens is 436 g/mol. The van der Waals surface area contributed by atoms with Crippen LogP contribution in [0.25, 0.3) is 0 Å². The molecule has 33 heavy (non-hydrogen) atoms. The van der Waals surface area contributed by atoms with E-state index in [0.29, 0.717) is 16.9 Å². The molecule has 3 rings (SSSR count). The smallest absolute Gasteiger partial charge is 0.356 e. The van der Waals surface area contributed by atoms with Crippen LogP contribution in [0.5, 0.6) is 11.5 Å². The highest BCUT2D eigenvalue weighted by Crippen LogP contribution is 2.36. The van der Waals surface area contributed by atoms with E-state index < -0.39 is 28.4 Å². The second-order valence-electron chi connectivity index (χ2n) is 7.02. The number of rotatable bonds is 10. The standard InChI is InChI=1S/C21H22N4O8/c1-12-8-16(25(29)30)15(9-17(12)33-11-31-2)20(26)18-19(21(27)28)24(23-22-18)10-13-4-6-14(32-3)7-5-13/h4-9,20,26H,10-11H2,1-3H3,(H,27,28). The van der Waals surface area contributed by atoms with E-state index in [2.05, 4.69) is 10.3 Å². The third-order valence-electron chi connectivity index (χ3n) is 4.86. The van der Waals surface area contributed by atoms with E-state index in [0.717, 1.165) is 4.68 Å². The van der Waals surface area contributed by atoms with Gasteiger partial charge >= 0.3 is 5.97 Å². The maximum absolute atomic E-state index is 12.0. The number of nitro benzene ring substituents is 1. The van der Waals surface area contributed by atoms with Crippen molar-refractivity contribution < 1.29 is 34.1 Å². The Morgan fingerprint density at radius 3 is 2.52 bits per heavy atom. The normalized spacial score (nSPS) is 11.8. The highest BCUT2D eigenvalue weighted by atomic mass is 16.7. The first-order valence-electron chi connectivity index (χ1n) is 9.65. The molecule has 12 heteroatoms. The number of aromatic nitrogens is 3. The quantitative estimate of drug-likeness (QED) is 0.262. The molecule has 2 N–H and O–H groups in total. The fourth-order valence-electron chi connectivity index (χ4n) is 3.24. The van der Waals surface area contributed by atoms with Gasteiger partial charge in [0, 0.05) is 13.2 Å². The Bertz CT molecular complexity index is 1160. The van der Waals surface area contributed by atoms with Gasteiger partial charge in [0.05, 0.1) is 24.1 Å². The molecule has 174 valence electrons. The second-order valence-corrected chi connectivity index (χ2v) is 7.02. The molecule has 12 nitrogen and oxygen atoms in total. The average Bonchev–Trinajstić information content (AvgIpc) is 3.21. The highest BCUT2D eigenvalue weighted by molar-refractivity contribution is 5.87. The maximum Gasteiger partial charge on any atom is 0.356 e. The van der Waals surface area contributed by atoms with Gasteiger partial charge < -0.3 is 24.4 Å². The van der Waals surface area contributed by atoms with E-state index in [4.69, 9.17) is 14.2 Å². The van der Waals surface area contributed by atoms with Gasteiger partial charge in [0.2, 0.25) is 0 Å². The fourth-order valence-corrected chi connectivity index (χ4v) is 3.24. The van der Waals surface area contributed by atoms with E-state index in [1.807, 2.05) is 0 Å². The lowest BCUT2D eigenvalue weighted by Crippen LogP contribution is -2.15. The third kappa shape index (κ3) is 5.07. The maximum atomic E-state index is 12.0. The number of aliphatic hydroxyl groups is 1. The van der Waals surface area contributed by atoms with Gasteiger partial charge in [-0.15, -0.1) is 5.10 Å².